The Morgan fingerprint density at radius 1 is 1.53 bits per heavy atom. The maximum absolute atomic E-state index is 11.4. The minimum Gasteiger partial charge on any atom is -0.491 e. The summed E-state index contributed by atoms with van der Waals surface area (Å²) in [6.07, 6.45) is 5.50. The standard InChI is InChI=1S/C11H12BrNO3S/c1-3-4-5-16-11-8(2)6-9(12)7-10(11)17(13,14)15/h1,6-7H,4-5H2,2H3,(H2,13,14,15). The molecule has 0 heterocycles. The molecule has 92 valence electrons. The van der Waals surface area contributed by atoms with E-state index in [0.717, 1.165) is 0 Å². The van der Waals surface area contributed by atoms with Crippen LogP contribution in [0.5, 0.6) is 5.75 Å². The Kier molecular flexibility index (Phi) is 4.57. The highest BCUT2D eigenvalue weighted by molar-refractivity contribution is 9.10. The van der Waals surface area contributed by atoms with Gasteiger partial charge in [-0.15, -0.1) is 12.3 Å². The van der Waals surface area contributed by atoms with Crippen molar-refractivity contribution < 1.29 is 13.2 Å². The molecule has 1 aromatic carbocycles. The summed E-state index contributed by atoms with van der Waals surface area (Å²) in [5, 5.41) is 5.13. The van der Waals surface area contributed by atoms with Gasteiger partial charge in [-0.05, 0) is 24.6 Å². The van der Waals surface area contributed by atoms with E-state index in [0.29, 0.717) is 16.5 Å². The second-order valence-corrected chi connectivity index (χ2v) is 5.84. The lowest BCUT2D eigenvalue weighted by molar-refractivity contribution is 0.316. The molecule has 0 unspecified atom stereocenters. The van der Waals surface area contributed by atoms with Gasteiger partial charge in [0.25, 0.3) is 0 Å². The molecule has 6 heteroatoms. The fourth-order valence-electron chi connectivity index (χ4n) is 1.31. The molecule has 0 amide bonds. The van der Waals surface area contributed by atoms with Crippen LogP contribution in [0.2, 0.25) is 0 Å². The second kappa shape index (κ2) is 5.54. The Labute approximate surface area is 109 Å². The van der Waals surface area contributed by atoms with Gasteiger partial charge >= 0.3 is 0 Å². The Hall–Kier alpha value is -1.03. The van der Waals surface area contributed by atoms with Gasteiger partial charge in [-0.1, -0.05) is 15.9 Å². The molecule has 0 fully saturated rings. The van der Waals surface area contributed by atoms with Crippen LogP contribution in [0.4, 0.5) is 0 Å². The molecular formula is C11H12BrNO3S. The third kappa shape index (κ3) is 3.73. The van der Waals surface area contributed by atoms with Gasteiger partial charge in [0.15, 0.2) is 0 Å². The number of benzene rings is 1. The number of nitrogens with two attached hydrogens (primary N) is 1. The molecule has 0 aliphatic rings. The largest absolute Gasteiger partial charge is 0.491 e. The van der Waals surface area contributed by atoms with Crippen LogP contribution in [0, 0.1) is 19.3 Å². The van der Waals surface area contributed by atoms with Gasteiger partial charge in [-0.2, -0.15) is 0 Å². The van der Waals surface area contributed by atoms with Crippen LogP contribution >= 0.6 is 15.9 Å². The van der Waals surface area contributed by atoms with Gasteiger partial charge < -0.3 is 4.74 Å². The summed E-state index contributed by atoms with van der Waals surface area (Å²) in [5.74, 6) is 2.67. The number of ether oxygens (including phenoxy) is 1. The monoisotopic (exact) mass is 317 g/mol. The first-order valence-electron chi connectivity index (χ1n) is 4.75. The molecule has 0 bridgehead atoms. The first kappa shape index (κ1) is 14.0. The van der Waals surface area contributed by atoms with Crippen LogP contribution < -0.4 is 9.88 Å². The number of aryl methyl sites for hydroxylation is 1. The zero-order valence-electron chi connectivity index (χ0n) is 9.23. The number of sulfonamides is 1. The summed E-state index contributed by atoms with van der Waals surface area (Å²) in [6, 6.07) is 3.16. The van der Waals surface area contributed by atoms with E-state index < -0.39 is 10.0 Å². The molecule has 0 atom stereocenters. The van der Waals surface area contributed by atoms with Gasteiger partial charge in [0.05, 0.1) is 6.61 Å². The second-order valence-electron chi connectivity index (χ2n) is 3.40. The smallest absolute Gasteiger partial charge is 0.241 e. The summed E-state index contributed by atoms with van der Waals surface area (Å²) in [6.45, 7) is 1.99. The Bertz CT molecular complexity index is 561. The van der Waals surface area contributed by atoms with E-state index in [4.69, 9.17) is 16.3 Å². The first-order chi connectivity index (χ1) is 7.86. The van der Waals surface area contributed by atoms with E-state index in [-0.39, 0.29) is 17.3 Å². The normalized spacial score (nSPS) is 10.9. The van der Waals surface area contributed by atoms with Crippen molar-refractivity contribution >= 4 is 26.0 Å². The summed E-state index contributed by atoms with van der Waals surface area (Å²) in [4.78, 5) is -0.0404. The molecule has 1 aromatic rings. The van der Waals surface area contributed by atoms with E-state index in [9.17, 15) is 8.42 Å². The van der Waals surface area contributed by atoms with Crippen molar-refractivity contribution in [2.24, 2.45) is 5.14 Å². The molecule has 0 aliphatic carbocycles. The Morgan fingerprint density at radius 2 is 2.18 bits per heavy atom. The fourth-order valence-corrected chi connectivity index (χ4v) is 2.80. The van der Waals surface area contributed by atoms with Crippen LogP contribution in [0.3, 0.4) is 0 Å². The quantitative estimate of drug-likeness (QED) is 0.680. The van der Waals surface area contributed by atoms with Crippen molar-refractivity contribution in [1.82, 2.24) is 0 Å². The van der Waals surface area contributed by atoms with Gasteiger partial charge in [0.1, 0.15) is 10.6 Å². The van der Waals surface area contributed by atoms with Gasteiger partial charge in [0.2, 0.25) is 10.0 Å². The van der Waals surface area contributed by atoms with E-state index in [1.165, 1.54) is 6.07 Å². The predicted molar refractivity (Wildman–Crippen MR) is 69.2 cm³/mol. The van der Waals surface area contributed by atoms with Crippen LogP contribution in [0.15, 0.2) is 21.5 Å². The highest BCUT2D eigenvalue weighted by atomic mass is 79.9. The van der Waals surface area contributed by atoms with Crippen LogP contribution in [0.1, 0.15) is 12.0 Å². The molecule has 0 spiro atoms. The molecule has 1 rings (SSSR count). The van der Waals surface area contributed by atoms with Gasteiger partial charge in [-0.3, -0.25) is 0 Å². The topological polar surface area (TPSA) is 69.4 Å². The van der Waals surface area contributed by atoms with Crippen molar-refractivity contribution in [2.45, 2.75) is 18.2 Å². The fraction of sp³-hybridized carbons (Fsp3) is 0.273. The average molecular weight is 318 g/mol. The molecule has 0 radical (unpaired) electrons. The number of hydrogen-bond donors (Lipinski definition) is 1. The third-order valence-electron chi connectivity index (χ3n) is 2.00. The van der Waals surface area contributed by atoms with E-state index >= 15 is 0 Å². The number of rotatable bonds is 4. The van der Waals surface area contributed by atoms with Crippen molar-refractivity contribution in [3.63, 3.8) is 0 Å². The molecule has 0 saturated heterocycles. The maximum atomic E-state index is 11.4. The lowest BCUT2D eigenvalue weighted by Crippen LogP contribution is -2.15. The van der Waals surface area contributed by atoms with Crippen molar-refractivity contribution in [3.8, 4) is 18.1 Å². The number of primary sulfonamides is 1. The van der Waals surface area contributed by atoms with Gasteiger partial charge in [0, 0.05) is 10.9 Å². The minimum atomic E-state index is -3.82. The summed E-state index contributed by atoms with van der Waals surface area (Å²) in [5.41, 5.74) is 0.681. The summed E-state index contributed by atoms with van der Waals surface area (Å²) >= 11 is 3.21. The third-order valence-corrected chi connectivity index (χ3v) is 3.38. The number of terminal acetylenes is 1. The Balaban J connectivity index is 3.23. The molecule has 0 aliphatic heterocycles. The highest BCUT2D eigenvalue weighted by Gasteiger charge is 2.18. The summed E-state index contributed by atoms with van der Waals surface area (Å²) < 4.78 is 28.9. The van der Waals surface area contributed by atoms with Crippen LogP contribution in [0.25, 0.3) is 0 Å². The summed E-state index contributed by atoms with van der Waals surface area (Å²) in [7, 11) is -3.82. The minimum absolute atomic E-state index is 0.0404. The zero-order chi connectivity index (χ0) is 13.1. The lowest BCUT2D eigenvalue weighted by atomic mass is 10.2. The molecule has 2 N–H and O–H groups in total. The molecule has 17 heavy (non-hydrogen) atoms. The SMILES string of the molecule is C#CCCOc1c(C)cc(Br)cc1S(N)(=O)=O. The molecular weight excluding hydrogens is 306 g/mol. The lowest BCUT2D eigenvalue weighted by Gasteiger charge is -2.12. The number of halogens is 1. The molecule has 0 aromatic heterocycles. The molecule has 0 saturated carbocycles. The number of hydrogen-bond acceptors (Lipinski definition) is 3. The first-order valence-corrected chi connectivity index (χ1v) is 7.09. The highest BCUT2D eigenvalue weighted by Crippen LogP contribution is 2.30. The predicted octanol–water partition coefficient (Wildman–Crippen LogP) is 1.81. The van der Waals surface area contributed by atoms with Crippen LogP contribution in [-0.4, -0.2) is 15.0 Å². The van der Waals surface area contributed by atoms with E-state index in [1.807, 2.05) is 0 Å². The van der Waals surface area contributed by atoms with E-state index in [2.05, 4.69) is 21.9 Å². The van der Waals surface area contributed by atoms with Gasteiger partial charge in [-0.25, -0.2) is 13.6 Å². The van der Waals surface area contributed by atoms with Crippen LogP contribution in [-0.2, 0) is 10.0 Å². The van der Waals surface area contributed by atoms with E-state index in [1.54, 1.807) is 13.0 Å². The van der Waals surface area contributed by atoms with Crippen molar-refractivity contribution in [3.05, 3.63) is 22.2 Å². The Morgan fingerprint density at radius 3 is 2.71 bits per heavy atom. The maximum Gasteiger partial charge on any atom is 0.241 e. The zero-order valence-corrected chi connectivity index (χ0v) is 11.6. The molecule has 4 nitrogen and oxygen atoms in total. The van der Waals surface area contributed by atoms with Crippen molar-refractivity contribution in [1.29, 1.82) is 0 Å². The average Bonchev–Trinajstić information content (AvgIpc) is 2.19. The van der Waals surface area contributed by atoms with Crippen molar-refractivity contribution in [2.75, 3.05) is 6.61 Å².